The number of rotatable bonds is 9. The van der Waals surface area contributed by atoms with Crippen molar-refractivity contribution < 1.29 is 23.8 Å². The van der Waals surface area contributed by atoms with Crippen molar-refractivity contribution in [3.8, 4) is 5.75 Å². The van der Waals surface area contributed by atoms with Gasteiger partial charge in [0, 0.05) is 44.6 Å². The predicted octanol–water partition coefficient (Wildman–Crippen LogP) is 5.83. The van der Waals surface area contributed by atoms with Gasteiger partial charge in [-0.25, -0.2) is 9.59 Å². The summed E-state index contributed by atoms with van der Waals surface area (Å²) in [5.41, 5.74) is 3.27. The number of hydrogen-bond acceptors (Lipinski definition) is 6. The van der Waals surface area contributed by atoms with Crippen molar-refractivity contribution in [3.05, 3.63) is 102 Å². The van der Waals surface area contributed by atoms with E-state index >= 15 is 0 Å². The highest BCUT2D eigenvalue weighted by Crippen LogP contribution is 2.40. The van der Waals surface area contributed by atoms with E-state index in [4.69, 9.17) is 14.2 Å². The minimum Gasteiger partial charge on any atom is -0.493 e. The van der Waals surface area contributed by atoms with Crippen LogP contribution in [0.2, 0.25) is 0 Å². The molecule has 226 valence electrons. The van der Waals surface area contributed by atoms with Crippen molar-refractivity contribution in [2.24, 2.45) is 11.8 Å². The van der Waals surface area contributed by atoms with Crippen LogP contribution in [0.3, 0.4) is 0 Å². The molecule has 8 nitrogen and oxygen atoms in total. The number of carbonyl (C=O) groups excluding carboxylic acids is 2. The number of amides is 2. The lowest BCUT2D eigenvalue weighted by molar-refractivity contribution is -0.0459. The van der Waals surface area contributed by atoms with Gasteiger partial charge in [-0.15, -0.1) is 0 Å². The summed E-state index contributed by atoms with van der Waals surface area (Å²) in [7, 11) is 0. The van der Waals surface area contributed by atoms with Gasteiger partial charge in [0.2, 0.25) is 0 Å². The lowest BCUT2D eigenvalue weighted by atomic mass is 9.74. The third kappa shape index (κ3) is 7.68. The number of ether oxygens (including phenoxy) is 3. The first-order valence-corrected chi connectivity index (χ1v) is 15.5. The number of likely N-dealkylation sites (tertiary alicyclic amines) is 1. The number of hydrogen-bond donors (Lipinski definition) is 1. The lowest BCUT2D eigenvalue weighted by Crippen LogP contribution is -2.56. The van der Waals surface area contributed by atoms with E-state index in [1.54, 1.807) is 4.90 Å². The van der Waals surface area contributed by atoms with Crippen molar-refractivity contribution in [1.29, 1.82) is 0 Å². The standard InChI is InChI=1S/C35H41N3O5/c39-34(43-33-23-37-17-16-31(33)32(22-37)29-11-5-2-6-12-29)36-21-28-10-7-13-30(20-28)41-24-27-14-18-38(19-15-27)35(40)42-25-26-8-3-1-4-9-26/h1-13,20,27,31-33H,14-19,21-25H2,(H,36,39)/t31?,32?,33-/m0/s1. The van der Waals surface area contributed by atoms with Gasteiger partial charge in [0.05, 0.1) is 6.61 Å². The smallest absolute Gasteiger partial charge is 0.410 e. The Bertz CT molecular complexity index is 1350. The zero-order valence-corrected chi connectivity index (χ0v) is 24.6. The molecule has 1 N–H and O–H groups in total. The summed E-state index contributed by atoms with van der Waals surface area (Å²) in [6, 6.07) is 28.2. The molecule has 3 unspecified atom stereocenters. The molecular formula is C35H41N3O5. The second-order valence-corrected chi connectivity index (χ2v) is 12.0. The average molecular weight is 584 g/mol. The van der Waals surface area contributed by atoms with Crippen LogP contribution < -0.4 is 10.1 Å². The summed E-state index contributed by atoms with van der Waals surface area (Å²) in [4.78, 5) is 29.4. The molecule has 8 heteroatoms. The van der Waals surface area contributed by atoms with Crippen LogP contribution in [0.1, 0.15) is 41.9 Å². The highest BCUT2D eigenvalue weighted by molar-refractivity contribution is 5.68. The van der Waals surface area contributed by atoms with Gasteiger partial charge in [-0.3, -0.25) is 4.90 Å². The second kappa shape index (κ2) is 14.0. The Morgan fingerprint density at radius 2 is 1.56 bits per heavy atom. The molecule has 7 rings (SSSR count). The van der Waals surface area contributed by atoms with E-state index in [-0.39, 0.29) is 18.3 Å². The van der Waals surface area contributed by atoms with E-state index in [1.165, 1.54) is 5.56 Å². The number of carbonyl (C=O) groups is 2. The minimum atomic E-state index is -0.370. The largest absolute Gasteiger partial charge is 0.493 e. The normalized spacial score (nSPS) is 23.4. The van der Waals surface area contributed by atoms with Crippen LogP contribution in [0.15, 0.2) is 84.9 Å². The third-order valence-corrected chi connectivity index (χ3v) is 9.05. The molecule has 2 bridgehead atoms. The van der Waals surface area contributed by atoms with E-state index in [0.717, 1.165) is 55.8 Å². The fourth-order valence-electron chi connectivity index (χ4n) is 6.62. The molecule has 0 spiro atoms. The molecule has 4 atom stereocenters. The van der Waals surface area contributed by atoms with Gasteiger partial charge in [-0.2, -0.15) is 0 Å². The van der Waals surface area contributed by atoms with E-state index in [1.807, 2.05) is 60.7 Å². The number of benzene rings is 3. The van der Waals surface area contributed by atoms with Gasteiger partial charge in [-0.1, -0.05) is 72.8 Å². The quantitative estimate of drug-likeness (QED) is 0.342. The van der Waals surface area contributed by atoms with Gasteiger partial charge in [0.1, 0.15) is 18.5 Å². The zero-order valence-electron chi connectivity index (χ0n) is 24.6. The Morgan fingerprint density at radius 1 is 0.814 bits per heavy atom. The maximum absolute atomic E-state index is 12.8. The number of nitrogens with zero attached hydrogens (tertiary/aromatic N) is 2. The van der Waals surface area contributed by atoms with E-state index in [0.29, 0.717) is 50.6 Å². The van der Waals surface area contributed by atoms with Crippen molar-refractivity contribution in [3.63, 3.8) is 0 Å². The minimum absolute atomic E-state index is 0.0977. The highest BCUT2D eigenvalue weighted by atomic mass is 16.6. The summed E-state index contributed by atoms with van der Waals surface area (Å²) < 4.78 is 17.6. The van der Waals surface area contributed by atoms with Crippen LogP contribution in [-0.2, 0) is 22.6 Å². The first-order chi connectivity index (χ1) is 21.1. The Labute approximate surface area is 253 Å². The zero-order chi connectivity index (χ0) is 29.4. The molecule has 4 heterocycles. The number of nitrogens with one attached hydrogen (secondary N) is 1. The molecular weight excluding hydrogens is 542 g/mol. The monoisotopic (exact) mass is 583 g/mol. The molecule has 0 radical (unpaired) electrons. The average Bonchev–Trinajstić information content (AvgIpc) is 3.07. The molecule has 4 aliphatic rings. The number of alkyl carbamates (subject to hydrolysis) is 1. The molecule has 0 aliphatic carbocycles. The molecule has 43 heavy (non-hydrogen) atoms. The van der Waals surface area contributed by atoms with Crippen LogP contribution in [0.25, 0.3) is 0 Å². The Balaban J connectivity index is 0.915. The fourth-order valence-corrected chi connectivity index (χ4v) is 6.62. The summed E-state index contributed by atoms with van der Waals surface area (Å²) >= 11 is 0. The maximum Gasteiger partial charge on any atom is 0.410 e. The van der Waals surface area contributed by atoms with Crippen LogP contribution in [0, 0.1) is 11.8 Å². The van der Waals surface area contributed by atoms with Crippen molar-refractivity contribution in [2.75, 3.05) is 39.3 Å². The molecule has 4 aliphatic heterocycles. The second-order valence-electron chi connectivity index (χ2n) is 12.0. The van der Waals surface area contributed by atoms with Gasteiger partial charge in [0.15, 0.2) is 0 Å². The van der Waals surface area contributed by atoms with Crippen LogP contribution in [-0.4, -0.2) is 67.4 Å². The van der Waals surface area contributed by atoms with E-state index < -0.39 is 0 Å². The summed E-state index contributed by atoms with van der Waals surface area (Å²) in [5.74, 6) is 1.90. The van der Waals surface area contributed by atoms with E-state index in [9.17, 15) is 9.59 Å². The molecule has 4 fully saturated rings. The van der Waals surface area contributed by atoms with Crippen molar-refractivity contribution in [2.45, 2.75) is 44.4 Å². The Morgan fingerprint density at radius 3 is 2.33 bits per heavy atom. The molecule has 0 aromatic heterocycles. The Hall–Kier alpha value is -4.04. The highest BCUT2D eigenvalue weighted by Gasteiger charge is 2.43. The maximum atomic E-state index is 12.8. The van der Waals surface area contributed by atoms with Gasteiger partial charge < -0.3 is 24.4 Å². The number of piperidine rings is 4. The van der Waals surface area contributed by atoms with Crippen LogP contribution >= 0.6 is 0 Å². The van der Waals surface area contributed by atoms with Gasteiger partial charge >= 0.3 is 12.2 Å². The van der Waals surface area contributed by atoms with Crippen LogP contribution in [0.4, 0.5) is 9.59 Å². The van der Waals surface area contributed by atoms with Gasteiger partial charge in [-0.05, 0) is 60.5 Å². The van der Waals surface area contributed by atoms with Crippen LogP contribution in [0.5, 0.6) is 5.75 Å². The summed E-state index contributed by atoms with van der Waals surface area (Å²) in [6.45, 7) is 5.50. The number of fused-ring (bicyclic) bond motifs is 3. The molecule has 3 aromatic rings. The molecule has 4 saturated heterocycles. The molecule has 3 aromatic carbocycles. The van der Waals surface area contributed by atoms with Crippen molar-refractivity contribution in [1.82, 2.24) is 15.1 Å². The lowest BCUT2D eigenvalue weighted by Gasteiger charge is -2.49. The summed E-state index contributed by atoms with van der Waals surface area (Å²) in [6.07, 6.45) is 2.07. The molecule has 0 saturated carbocycles. The predicted molar refractivity (Wildman–Crippen MR) is 164 cm³/mol. The topological polar surface area (TPSA) is 80.3 Å². The SMILES string of the molecule is O=C(NCc1cccc(OCC2CCN(C(=O)OCc3ccccc3)CC2)c1)O[C@H]1CN2CCC1C(c1ccccc1)C2. The third-order valence-electron chi connectivity index (χ3n) is 9.05. The summed E-state index contributed by atoms with van der Waals surface area (Å²) in [5, 5.41) is 2.94. The van der Waals surface area contributed by atoms with Crippen molar-refractivity contribution >= 4 is 12.2 Å². The van der Waals surface area contributed by atoms with Gasteiger partial charge in [0.25, 0.3) is 0 Å². The first kappa shape index (κ1) is 29.1. The fraction of sp³-hybridized carbons (Fsp3) is 0.429. The van der Waals surface area contributed by atoms with E-state index in [2.05, 4.69) is 34.5 Å². The Kier molecular flexibility index (Phi) is 9.43. The first-order valence-electron chi connectivity index (χ1n) is 15.5. The molecule has 2 amide bonds.